The molecule has 0 unspecified atom stereocenters. The predicted molar refractivity (Wildman–Crippen MR) is 147 cm³/mol. The zero-order chi connectivity index (χ0) is 25.6. The van der Waals surface area contributed by atoms with Crippen LogP contribution >= 0.6 is 0 Å². The lowest BCUT2D eigenvalue weighted by Gasteiger charge is -2.11. The highest BCUT2D eigenvalue weighted by molar-refractivity contribution is 5.91. The molecule has 0 radical (unpaired) electrons. The lowest BCUT2D eigenvalue weighted by atomic mass is 10.1. The van der Waals surface area contributed by atoms with Gasteiger partial charge in [-0.15, -0.1) is 0 Å². The van der Waals surface area contributed by atoms with Gasteiger partial charge in [-0.05, 0) is 84.5 Å². The Kier molecular flexibility index (Phi) is 11.1. The zero-order valence-electron chi connectivity index (χ0n) is 21.7. The highest BCUT2D eigenvalue weighted by atomic mass is 16.5. The van der Waals surface area contributed by atoms with E-state index >= 15 is 0 Å². The Hall–Kier alpha value is -3.53. The van der Waals surface area contributed by atoms with E-state index in [0.29, 0.717) is 23.8 Å². The van der Waals surface area contributed by atoms with Crippen molar-refractivity contribution in [2.45, 2.75) is 59.3 Å². The minimum absolute atomic E-state index is 0.392. The largest absolute Gasteiger partial charge is 0.493 e. The number of esters is 1. The van der Waals surface area contributed by atoms with Crippen LogP contribution in [0.25, 0.3) is 11.1 Å². The van der Waals surface area contributed by atoms with Gasteiger partial charge in [0.05, 0.1) is 18.4 Å². The molecule has 0 N–H and O–H groups in total. The molecule has 3 aromatic rings. The lowest BCUT2D eigenvalue weighted by Crippen LogP contribution is -2.09. The van der Waals surface area contributed by atoms with Crippen molar-refractivity contribution in [1.29, 1.82) is 0 Å². The van der Waals surface area contributed by atoms with Crippen molar-refractivity contribution in [3.63, 3.8) is 0 Å². The maximum absolute atomic E-state index is 12.5. The number of carbonyl (C=O) groups excluding carboxylic acids is 1. The SMILES string of the molecule is CCCCCC/C=C/Oc1ccc(-c2ccc(OC(=O)c3ccc(OC[C@@H](C)CC)cc3)cc2)cc1. The number of unbranched alkanes of at least 4 members (excludes halogenated alkanes) is 4. The maximum Gasteiger partial charge on any atom is 0.343 e. The normalized spacial score (nSPS) is 11.9. The first kappa shape index (κ1) is 27.1. The van der Waals surface area contributed by atoms with Gasteiger partial charge in [0.1, 0.15) is 17.2 Å². The average Bonchev–Trinajstić information content (AvgIpc) is 2.92. The molecule has 0 bridgehead atoms. The lowest BCUT2D eigenvalue weighted by molar-refractivity contribution is 0.0734. The van der Waals surface area contributed by atoms with Crippen LogP contribution in [0, 0.1) is 5.92 Å². The third-order valence-electron chi connectivity index (χ3n) is 6.10. The molecule has 0 fully saturated rings. The second-order valence-electron chi connectivity index (χ2n) is 9.13. The summed E-state index contributed by atoms with van der Waals surface area (Å²) in [5.41, 5.74) is 2.59. The van der Waals surface area contributed by atoms with Gasteiger partial charge >= 0.3 is 5.97 Å². The molecule has 0 heterocycles. The van der Waals surface area contributed by atoms with Gasteiger partial charge in [-0.25, -0.2) is 4.79 Å². The molecule has 0 saturated heterocycles. The fourth-order valence-corrected chi connectivity index (χ4v) is 3.53. The van der Waals surface area contributed by atoms with Crippen LogP contribution in [0.2, 0.25) is 0 Å². The van der Waals surface area contributed by atoms with Crippen LogP contribution in [0.1, 0.15) is 69.7 Å². The van der Waals surface area contributed by atoms with Crippen molar-refractivity contribution in [2.24, 2.45) is 5.92 Å². The molecule has 0 spiro atoms. The Morgan fingerprint density at radius 3 is 2.00 bits per heavy atom. The second-order valence-corrected chi connectivity index (χ2v) is 9.13. The van der Waals surface area contributed by atoms with E-state index in [4.69, 9.17) is 14.2 Å². The van der Waals surface area contributed by atoms with Crippen LogP contribution in [0.15, 0.2) is 85.1 Å². The maximum atomic E-state index is 12.5. The van der Waals surface area contributed by atoms with Crippen molar-refractivity contribution >= 4 is 5.97 Å². The van der Waals surface area contributed by atoms with Crippen molar-refractivity contribution in [1.82, 2.24) is 0 Å². The van der Waals surface area contributed by atoms with Crippen molar-refractivity contribution in [2.75, 3.05) is 6.61 Å². The smallest absolute Gasteiger partial charge is 0.343 e. The van der Waals surface area contributed by atoms with E-state index in [-0.39, 0.29) is 0 Å². The van der Waals surface area contributed by atoms with Gasteiger partial charge in [0.2, 0.25) is 0 Å². The van der Waals surface area contributed by atoms with Crippen molar-refractivity contribution in [3.8, 4) is 28.4 Å². The van der Waals surface area contributed by atoms with Gasteiger partial charge < -0.3 is 14.2 Å². The van der Waals surface area contributed by atoms with Gasteiger partial charge in [0.15, 0.2) is 0 Å². The molecule has 4 heteroatoms. The molecule has 0 aliphatic carbocycles. The number of benzene rings is 3. The molecule has 3 aromatic carbocycles. The second kappa shape index (κ2) is 14.8. The van der Waals surface area contributed by atoms with Gasteiger partial charge in [-0.2, -0.15) is 0 Å². The summed E-state index contributed by atoms with van der Waals surface area (Å²) in [7, 11) is 0. The van der Waals surface area contributed by atoms with Gasteiger partial charge in [-0.3, -0.25) is 0 Å². The summed E-state index contributed by atoms with van der Waals surface area (Å²) in [6.07, 6.45) is 11.0. The first-order valence-corrected chi connectivity index (χ1v) is 13.1. The molecule has 4 nitrogen and oxygen atoms in total. The third-order valence-corrected chi connectivity index (χ3v) is 6.10. The number of rotatable bonds is 14. The molecule has 190 valence electrons. The summed E-state index contributed by atoms with van der Waals surface area (Å²) in [6, 6.07) is 22.5. The number of hydrogen-bond donors (Lipinski definition) is 0. The summed E-state index contributed by atoms with van der Waals surface area (Å²) in [4.78, 5) is 12.5. The topological polar surface area (TPSA) is 44.8 Å². The van der Waals surface area contributed by atoms with Crippen LogP contribution in [-0.2, 0) is 0 Å². The van der Waals surface area contributed by atoms with E-state index in [1.807, 2.05) is 48.5 Å². The highest BCUT2D eigenvalue weighted by Crippen LogP contribution is 2.25. The van der Waals surface area contributed by atoms with Gasteiger partial charge in [0, 0.05) is 0 Å². The van der Waals surface area contributed by atoms with Crippen LogP contribution in [-0.4, -0.2) is 12.6 Å². The molecule has 3 rings (SSSR count). The Morgan fingerprint density at radius 1 is 0.778 bits per heavy atom. The summed E-state index contributed by atoms with van der Waals surface area (Å²) >= 11 is 0. The fraction of sp³-hybridized carbons (Fsp3) is 0.344. The standard InChI is InChI=1S/C32H38O4/c1-4-6-7-8-9-10-23-34-29-17-11-26(12-18-29)27-13-21-31(22-14-27)36-32(33)28-15-19-30(20-16-28)35-24-25(3)5-2/h10-23,25H,4-9,24H2,1-3H3/b23-10+/t25-/m0/s1. The monoisotopic (exact) mass is 486 g/mol. The molecule has 0 amide bonds. The van der Waals surface area contributed by atoms with Crippen LogP contribution in [0.5, 0.6) is 17.2 Å². The molecular formula is C32H38O4. The molecule has 36 heavy (non-hydrogen) atoms. The Morgan fingerprint density at radius 2 is 1.39 bits per heavy atom. The summed E-state index contributed by atoms with van der Waals surface area (Å²) in [5.74, 6) is 2.17. The van der Waals surface area contributed by atoms with Crippen molar-refractivity contribution in [3.05, 3.63) is 90.7 Å². The van der Waals surface area contributed by atoms with Gasteiger partial charge in [-0.1, -0.05) is 70.7 Å². The first-order chi connectivity index (χ1) is 17.6. The molecule has 0 saturated carbocycles. The van der Waals surface area contributed by atoms with E-state index in [1.165, 1.54) is 25.7 Å². The van der Waals surface area contributed by atoms with Crippen LogP contribution in [0.4, 0.5) is 0 Å². The van der Waals surface area contributed by atoms with Crippen LogP contribution in [0.3, 0.4) is 0 Å². The van der Waals surface area contributed by atoms with E-state index in [2.05, 4.69) is 26.8 Å². The Balaban J connectivity index is 1.48. The molecule has 0 aromatic heterocycles. The zero-order valence-corrected chi connectivity index (χ0v) is 21.7. The number of carbonyl (C=O) groups is 1. The number of allylic oxidation sites excluding steroid dienone is 1. The highest BCUT2D eigenvalue weighted by Gasteiger charge is 2.10. The Labute approximate surface area is 215 Å². The average molecular weight is 487 g/mol. The van der Waals surface area contributed by atoms with E-state index in [9.17, 15) is 4.79 Å². The fourth-order valence-electron chi connectivity index (χ4n) is 3.53. The summed E-state index contributed by atoms with van der Waals surface area (Å²) in [6.45, 7) is 7.17. The molecule has 0 aliphatic rings. The molecular weight excluding hydrogens is 448 g/mol. The van der Waals surface area contributed by atoms with E-state index in [0.717, 1.165) is 35.5 Å². The minimum atomic E-state index is -0.392. The first-order valence-electron chi connectivity index (χ1n) is 13.1. The van der Waals surface area contributed by atoms with E-state index in [1.54, 1.807) is 30.5 Å². The predicted octanol–water partition coefficient (Wildman–Crippen LogP) is 8.86. The molecule has 0 aliphatic heterocycles. The van der Waals surface area contributed by atoms with E-state index < -0.39 is 5.97 Å². The Bertz CT molecular complexity index is 1070. The number of ether oxygens (including phenoxy) is 3. The van der Waals surface area contributed by atoms with Gasteiger partial charge in [0.25, 0.3) is 0 Å². The van der Waals surface area contributed by atoms with Crippen molar-refractivity contribution < 1.29 is 19.0 Å². The van der Waals surface area contributed by atoms with Crippen LogP contribution < -0.4 is 14.2 Å². The third kappa shape index (κ3) is 8.92. The summed E-state index contributed by atoms with van der Waals surface area (Å²) < 4.78 is 17.0. The quantitative estimate of drug-likeness (QED) is 0.0988. The molecule has 1 atom stereocenters. The minimum Gasteiger partial charge on any atom is -0.493 e. The number of hydrogen-bond acceptors (Lipinski definition) is 4. The summed E-state index contributed by atoms with van der Waals surface area (Å²) in [5, 5.41) is 0.